The zero-order valence-electron chi connectivity index (χ0n) is 17.5. The fraction of sp³-hybridized carbons (Fsp3) is 0.0800. The third kappa shape index (κ3) is 3.38. The van der Waals surface area contributed by atoms with E-state index in [0.717, 1.165) is 32.4 Å². The summed E-state index contributed by atoms with van der Waals surface area (Å²) in [5.41, 5.74) is 6.03. The molecule has 5 nitrogen and oxygen atoms in total. The van der Waals surface area contributed by atoms with E-state index in [1.165, 1.54) is 3.97 Å². The number of halogens is 1. The van der Waals surface area contributed by atoms with Gasteiger partial charge in [0.1, 0.15) is 5.69 Å². The molecule has 0 unspecified atom stereocenters. The van der Waals surface area contributed by atoms with Crippen molar-refractivity contribution in [2.24, 2.45) is 0 Å². The molecule has 0 saturated carbocycles. The van der Waals surface area contributed by atoms with Crippen LogP contribution in [0.25, 0.3) is 27.9 Å². The van der Waals surface area contributed by atoms with Crippen molar-refractivity contribution in [2.75, 3.05) is 0 Å². The second kappa shape index (κ2) is 7.76. The number of hydrogen-bond donors (Lipinski definition) is 0. The SMILES string of the molecule is Cc1ccc(C)n1S(=O)(=O)c1ccc(-c2c(-c3ccc(Br)cc3)nn3ccccc23)cc1. The molecule has 0 radical (unpaired) electrons. The van der Waals surface area contributed by atoms with E-state index in [4.69, 9.17) is 5.10 Å². The molecule has 3 heterocycles. The quantitative estimate of drug-likeness (QED) is 0.297. The molecule has 7 heteroatoms. The Hall–Kier alpha value is -3.16. The molecule has 0 aliphatic carbocycles. The predicted molar refractivity (Wildman–Crippen MR) is 130 cm³/mol. The zero-order chi connectivity index (χ0) is 22.5. The molecule has 0 bridgehead atoms. The first kappa shape index (κ1) is 20.7. The van der Waals surface area contributed by atoms with E-state index < -0.39 is 10.0 Å². The minimum Gasteiger partial charge on any atom is -0.243 e. The average molecular weight is 506 g/mol. The molecule has 0 aliphatic heterocycles. The van der Waals surface area contributed by atoms with Crippen molar-refractivity contribution in [3.05, 3.63) is 101 Å². The topological polar surface area (TPSA) is 56.4 Å². The maximum atomic E-state index is 13.2. The van der Waals surface area contributed by atoms with E-state index >= 15 is 0 Å². The Kier molecular flexibility index (Phi) is 5.03. The van der Waals surface area contributed by atoms with Crippen molar-refractivity contribution in [1.82, 2.24) is 13.6 Å². The molecular formula is C25H20BrN3O2S. The van der Waals surface area contributed by atoms with Gasteiger partial charge in [-0.2, -0.15) is 5.10 Å². The lowest BCUT2D eigenvalue weighted by Gasteiger charge is -2.11. The lowest BCUT2D eigenvalue weighted by molar-refractivity contribution is 0.585. The molecule has 0 N–H and O–H groups in total. The summed E-state index contributed by atoms with van der Waals surface area (Å²) < 4.78 is 30.6. The number of pyridine rings is 1. The van der Waals surface area contributed by atoms with Gasteiger partial charge in [0.15, 0.2) is 0 Å². The van der Waals surface area contributed by atoms with Gasteiger partial charge in [-0.05, 0) is 67.9 Å². The minimum absolute atomic E-state index is 0.255. The Morgan fingerprint density at radius 2 is 1.41 bits per heavy atom. The van der Waals surface area contributed by atoms with Crippen molar-refractivity contribution in [3.63, 3.8) is 0 Å². The highest BCUT2D eigenvalue weighted by Crippen LogP contribution is 2.36. The van der Waals surface area contributed by atoms with Crippen LogP contribution in [0.3, 0.4) is 0 Å². The Labute approximate surface area is 195 Å². The molecule has 3 aromatic heterocycles. The Balaban J connectivity index is 1.65. The van der Waals surface area contributed by atoms with Gasteiger partial charge in [0, 0.05) is 33.2 Å². The van der Waals surface area contributed by atoms with Crippen molar-refractivity contribution in [3.8, 4) is 22.4 Å². The molecule has 160 valence electrons. The van der Waals surface area contributed by atoms with Gasteiger partial charge in [0.25, 0.3) is 10.0 Å². The van der Waals surface area contributed by atoms with Crippen LogP contribution in [-0.2, 0) is 10.0 Å². The lowest BCUT2D eigenvalue weighted by Crippen LogP contribution is -2.15. The second-order valence-corrected chi connectivity index (χ2v) is 10.4. The number of nitrogens with zero attached hydrogens (tertiary/aromatic N) is 3. The van der Waals surface area contributed by atoms with Crippen LogP contribution in [0.5, 0.6) is 0 Å². The molecule has 32 heavy (non-hydrogen) atoms. The molecule has 0 atom stereocenters. The van der Waals surface area contributed by atoms with Gasteiger partial charge < -0.3 is 0 Å². The van der Waals surface area contributed by atoms with Crippen molar-refractivity contribution in [2.45, 2.75) is 18.7 Å². The second-order valence-electron chi connectivity index (χ2n) is 7.67. The van der Waals surface area contributed by atoms with Crippen LogP contribution < -0.4 is 0 Å². The first-order chi connectivity index (χ1) is 15.4. The van der Waals surface area contributed by atoms with E-state index in [1.54, 1.807) is 26.0 Å². The summed E-state index contributed by atoms with van der Waals surface area (Å²) in [4.78, 5) is 0.255. The largest absolute Gasteiger partial charge is 0.268 e. The number of benzene rings is 2. The number of fused-ring (bicyclic) bond motifs is 1. The zero-order valence-corrected chi connectivity index (χ0v) is 19.9. The van der Waals surface area contributed by atoms with Crippen LogP contribution in [0.2, 0.25) is 0 Å². The van der Waals surface area contributed by atoms with Gasteiger partial charge in [-0.15, -0.1) is 0 Å². The first-order valence-electron chi connectivity index (χ1n) is 10.1. The van der Waals surface area contributed by atoms with Gasteiger partial charge in [-0.1, -0.05) is 46.3 Å². The highest BCUT2D eigenvalue weighted by Gasteiger charge is 2.21. The van der Waals surface area contributed by atoms with Gasteiger partial charge in [-0.25, -0.2) is 16.9 Å². The number of hydrogen-bond acceptors (Lipinski definition) is 3. The van der Waals surface area contributed by atoms with Crippen LogP contribution >= 0.6 is 15.9 Å². The van der Waals surface area contributed by atoms with Crippen LogP contribution in [0, 0.1) is 13.8 Å². The number of rotatable bonds is 4. The molecule has 0 aliphatic rings. The Morgan fingerprint density at radius 3 is 2.06 bits per heavy atom. The summed E-state index contributed by atoms with van der Waals surface area (Å²) in [6.45, 7) is 3.59. The Morgan fingerprint density at radius 1 is 0.781 bits per heavy atom. The average Bonchev–Trinajstić information content (AvgIpc) is 3.34. The van der Waals surface area contributed by atoms with Gasteiger partial charge in [0.2, 0.25) is 0 Å². The maximum absolute atomic E-state index is 13.2. The van der Waals surface area contributed by atoms with Crippen LogP contribution in [0.1, 0.15) is 11.4 Å². The fourth-order valence-electron chi connectivity index (χ4n) is 4.03. The molecule has 5 aromatic rings. The van der Waals surface area contributed by atoms with Crippen LogP contribution in [0.15, 0.2) is 94.4 Å². The molecule has 0 spiro atoms. The van der Waals surface area contributed by atoms with E-state index in [0.29, 0.717) is 11.4 Å². The Bertz CT molecular complexity index is 1530. The summed E-state index contributed by atoms with van der Waals surface area (Å²) in [5.74, 6) is 0. The molecule has 2 aromatic carbocycles. The van der Waals surface area contributed by atoms with Crippen molar-refractivity contribution < 1.29 is 8.42 Å². The third-order valence-corrected chi connectivity index (χ3v) is 8.00. The molecule has 0 amide bonds. The van der Waals surface area contributed by atoms with E-state index in [9.17, 15) is 8.42 Å². The predicted octanol–water partition coefficient (Wildman–Crippen LogP) is 6.09. The molecule has 0 fully saturated rings. The number of aryl methyl sites for hydroxylation is 2. The standard InChI is InChI=1S/C25H20BrN3O2S/c1-17-6-7-18(2)29(17)32(30,31)22-14-10-19(11-15-22)24-23-5-3-4-16-28(23)27-25(24)20-8-12-21(26)13-9-20/h3-16H,1-2H3. The van der Waals surface area contributed by atoms with Crippen LogP contribution in [-0.4, -0.2) is 22.0 Å². The first-order valence-corrected chi connectivity index (χ1v) is 12.3. The summed E-state index contributed by atoms with van der Waals surface area (Å²) in [7, 11) is -3.66. The van der Waals surface area contributed by atoms with Crippen molar-refractivity contribution in [1.29, 1.82) is 0 Å². The summed E-state index contributed by atoms with van der Waals surface area (Å²) in [6.07, 6.45) is 1.91. The monoisotopic (exact) mass is 505 g/mol. The third-order valence-electron chi connectivity index (χ3n) is 5.55. The van der Waals surface area contributed by atoms with E-state index in [1.807, 2.05) is 77.4 Å². The summed E-state index contributed by atoms with van der Waals surface area (Å²) >= 11 is 3.48. The summed E-state index contributed by atoms with van der Waals surface area (Å²) in [5, 5.41) is 4.80. The van der Waals surface area contributed by atoms with Gasteiger partial charge in [0.05, 0.1) is 10.4 Å². The lowest BCUT2D eigenvalue weighted by atomic mass is 10.00. The molecule has 0 saturated heterocycles. The smallest absolute Gasteiger partial charge is 0.243 e. The maximum Gasteiger partial charge on any atom is 0.268 e. The van der Waals surface area contributed by atoms with E-state index in [2.05, 4.69) is 15.9 Å². The molecule has 5 rings (SSSR count). The van der Waals surface area contributed by atoms with Crippen LogP contribution in [0.4, 0.5) is 0 Å². The highest BCUT2D eigenvalue weighted by atomic mass is 79.9. The van der Waals surface area contributed by atoms with Crippen molar-refractivity contribution >= 4 is 31.5 Å². The summed E-state index contributed by atoms with van der Waals surface area (Å²) in [6, 6.07) is 24.6. The van der Waals surface area contributed by atoms with Gasteiger partial charge in [-0.3, -0.25) is 0 Å². The highest BCUT2D eigenvalue weighted by molar-refractivity contribution is 9.10. The fourth-order valence-corrected chi connectivity index (χ4v) is 5.86. The number of aromatic nitrogens is 3. The minimum atomic E-state index is -3.66. The van der Waals surface area contributed by atoms with Gasteiger partial charge >= 0.3 is 0 Å². The normalized spacial score (nSPS) is 11.8. The van der Waals surface area contributed by atoms with E-state index in [-0.39, 0.29) is 4.90 Å². The molecular weight excluding hydrogens is 486 g/mol.